The van der Waals surface area contributed by atoms with Gasteiger partial charge in [-0.15, -0.1) is 11.8 Å². The van der Waals surface area contributed by atoms with Crippen LogP contribution in [0.15, 0.2) is 17.7 Å². The lowest BCUT2D eigenvalue weighted by Gasteiger charge is -2.18. The molecule has 2 heterocycles. The van der Waals surface area contributed by atoms with Crippen LogP contribution in [0.4, 0.5) is 0 Å². The zero-order valence-corrected chi connectivity index (χ0v) is 11.6. The van der Waals surface area contributed by atoms with Gasteiger partial charge in [-0.3, -0.25) is 4.79 Å². The topological polar surface area (TPSA) is 65.2 Å². The number of amides is 1. The van der Waals surface area contributed by atoms with E-state index in [4.69, 9.17) is 10.5 Å². The highest BCUT2D eigenvalue weighted by molar-refractivity contribution is 7.98. The molecule has 1 unspecified atom stereocenters. The predicted octanol–water partition coefficient (Wildman–Crippen LogP) is 1.97. The molecule has 0 radical (unpaired) electrons. The summed E-state index contributed by atoms with van der Waals surface area (Å²) in [5.74, 6) is 0.293. The van der Waals surface area contributed by atoms with E-state index in [1.807, 2.05) is 19.2 Å². The standard InChI is InChI=1S/C13H16N2O2S/c1-7(2)9-5-8-10(11(15-9)18-4)17-6-13(8,3)12(14)16/h5H,1,6H2,2-4H3,(H2,14,16). The molecule has 96 valence electrons. The summed E-state index contributed by atoms with van der Waals surface area (Å²) >= 11 is 1.49. The fraction of sp³-hybridized carbons (Fsp3) is 0.385. The lowest BCUT2D eigenvalue weighted by molar-refractivity contribution is -0.123. The van der Waals surface area contributed by atoms with Crippen molar-refractivity contribution >= 4 is 23.2 Å². The van der Waals surface area contributed by atoms with Gasteiger partial charge in [-0.2, -0.15) is 0 Å². The number of pyridine rings is 1. The van der Waals surface area contributed by atoms with Gasteiger partial charge in [0.25, 0.3) is 0 Å². The predicted molar refractivity (Wildman–Crippen MR) is 72.8 cm³/mol. The van der Waals surface area contributed by atoms with Gasteiger partial charge >= 0.3 is 0 Å². The second-order valence-electron chi connectivity index (χ2n) is 4.66. The highest BCUT2D eigenvalue weighted by Crippen LogP contribution is 2.43. The van der Waals surface area contributed by atoms with Gasteiger partial charge in [-0.05, 0) is 31.7 Å². The number of ether oxygens (including phenoxy) is 1. The maximum absolute atomic E-state index is 11.7. The smallest absolute Gasteiger partial charge is 0.231 e. The second-order valence-corrected chi connectivity index (χ2v) is 5.45. The van der Waals surface area contributed by atoms with E-state index >= 15 is 0 Å². The molecule has 1 aromatic rings. The van der Waals surface area contributed by atoms with Crippen LogP contribution in [0.25, 0.3) is 5.57 Å². The van der Waals surface area contributed by atoms with E-state index in [1.165, 1.54) is 11.8 Å². The molecule has 0 aliphatic carbocycles. The van der Waals surface area contributed by atoms with Crippen LogP contribution in [0.3, 0.4) is 0 Å². The number of fused-ring (bicyclic) bond motifs is 1. The highest BCUT2D eigenvalue weighted by atomic mass is 32.2. The Morgan fingerprint density at radius 3 is 2.83 bits per heavy atom. The van der Waals surface area contributed by atoms with Crippen molar-refractivity contribution in [3.05, 3.63) is 23.9 Å². The fourth-order valence-electron chi connectivity index (χ4n) is 1.91. The molecule has 1 amide bonds. The Kier molecular flexibility index (Phi) is 3.11. The van der Waals surface area contributed by atoms with Crippen LogP contribution in [0, 0.1) is 0 Å². The van der Waals surface area contributed by atoms with Gasteiger partial charge in [-0.1, -0.05) is 6.58 Å². The molecule has 4 nitrogen and oxygen atoms in total. The first-order valence-electron chi connectivity index (χ1n) is 5.58. The summed E-state index contributed by atoms with van der Waals surface area (Å²) < 4.78 is 5.62. The first kappa shape index (κ1) is 13.0. The Bertz CT molecular complexity index is 542. The molecule has 0 saturated heterocycles. The number of primary amides is 1. The van der Waals surface area contributed by atoms with Gasteiger partial charge < -0.3 is 10.5 Å². The lowest BCUT2D eigenvalue weighted by atomic mass is 9.84. The summed E-state index contributed by atoms with van der Waals surface area (Å²) in [5, 5.41) is 0.774. The third-order valence-corrected chi connectivity index (χ3v) is 3.88. The molecular formula is C13H16N2O2S. The molecule has 2 rings (SSSR count). The molecule has 0 saturated carbocycles. The highest BCUT2D eigenvalue weighted by Gasteiger charge is 2.43. The van der Waals surface area contributed by atoms with Gasteiger partial charge in [0.15, 0.2) is 5.75 Å². The third kappa shape index (κ3) is 1.79. The summed E-state index contributed by atoms with van der Waals surface area (Å²) in [6.07, 6.45) is 1.92. The molecule has 1 aliphatic heterocycles. The maximum Gasteiger partial charge on any atom is 0.231 e. The summed E-state index contributed by atoms with van der Waals surface area (Å²) in [6, 6.07) is 1.86. The number of hydrogen-bond donors (Lipinski definition) is 1. The zero-order chi connectivity index (χ0) is 13.5. The Hall–Kier alpha value is -1.49. The molecule has 1 atom stereocenters. The van der Waals surface area contributed by atoms with Crippen molar-refractivity contribution in [2.45, 2.75) is 24.3 Å². The first-order valence-corrected chi connectivity index (χ1v) is 6.80. The van der Waals surface area contributed by atoms with Crippen LogP contribution >= 0.6 is 11.8 Å². The summed E-state index contributed by atoms with van der Waals surface area (Å²) in [4.78, 5) is 16.1. The van der Waals surface area contributed by atoms with E-state index in [0.717, 1.165) is 21.9 Å². The average molecular weight is 264 g/mol. The van der Waals surface area contributed by atoms with Crippen LogP contribution in [0.2, 0.25) is 0 Å². The molecule has 5 heteroatoms. The van der Waals surface area contributed by atoms with Crippen molar-refractivity contribution in [2.75, 3.05) is 12.9 Å². The van der Waals surface area contributed by atoms with Crippen molar-refractivity contribution in [2.24, 2.45) is 5.73 Å². The average Bonchev–Trinajstić information content (AvgIpc) is 2.67. The van der Waals surface area contributed by atoms with Crippen molar-refractivity contribution in [3.8, 4) is 5.75 Å². The van der Waals surface area contributed by atoms with Crippen LogP contribution in [-0.4, -0.2) is 23.8 Å². The number of allylic oxidation sites excluding steroid dienone is 1. The zero-order valence-electron chi connectivity index (χ0n) is 10.7. The van der Waals surface area contributed by atoms with Crippen molar-refractivity contribution in [1.82, 2.24) is 4.98 Å². The lowest BCUT2D eigenvalue weighted by Crippen LogP contribution is -2.39. The maximum atomic E-state index is 11.7. The SMILES string of the molecule is C=C(C)c1cc2c(c(SC)n1)OCC2(C)C(N)=O. The van der Waals surface area contributed by atoms with Crippen molar-refractivity contribution in [3.63, 3.8) is 0 Å². The number of nitrogens with zero attached hydrogens (tertiary/aromatic N) is 1. The van der Waals surface area contributed by atoms with Crippen LogP contribution in [-0.2, 0) is 10.2 Å². The van der Waals surface area contributed by atoms with E-state index in [1.54, 1.807) is 6.92 Å². The van der Waals surface area contributed by atoms with Crippen molar-refractivity contribution < 1.29 is 9.53 Å². The van der Waals surface area contributed by atoms with Gasteiger partial charge in [0.1, 0.15) is 17.0 Å². The minimum atomic E-state index is -0.785. The summed E-state index contributed by atoms with van der Waals surface area (Å²) in [5.41, 5.74) is 7.15. The molecule has 0 spiro atoms. The Labute approximate surface area is 111 Å². The van der Waals surface area contributed by atoms with Gasteiger partial charge in [0, 0.05) is 5.56 Å². The minimum Gasteiger partial charge on any atom is -0.489 e. The quantitative estimate of drug-likeness (QED) is 0.848. The molecule has 0 bridgehead atoms. The molecule has 0 aromatic carbocycles. The summed E-state index contributed by atoms with van der Waals surface area (Å²) in [6.45, 7) is 7.84. The number of thioether (sulfide) groups is 1. The number of carbonyl (C=O) groups excluding carboxylic acids is 1. The van der Waals surface area contributed by atoms with E-state index in [2.05, 4.69) is 11.6 Å². The normalized spacial score (nSPS) is 21.3. The molecule has 2 N–H and O–H groups in total. The number of nitrogens with two attached hydrogens (primary N) is 1. The second kappa shape index (κ2) is 4.31. The van der Waals surface area contributed by atoms with Gasteiger partial charge in [0.2, 0.25) is 5.91 Å². The number of aromatic nitrogens is 1. The first-order chi connectivity index (χ1) is 8.40. The van der Waals surface area contributed by atoms with E-state index in [0.29, 0.717) is 5.75 Å². The van der Waals surface area contributed by atoms with E-state index in [9.17, 15) is 4.79 Å². The van der Waals surface area contributed by atoms with E-state index < -0.39 is 5.41 Å². The van der Waals surface area contributed by atoms with Gasteiger partial charge in [-0.25, -0.2) is 4.98 Å². The minimum absolute atomic E-state index is 0.270. The molecule has 0 fully saturated rings. The number of carbonyl (C=O) groups is 1. The molecule has 1 aliphatic rings. The Morgan fingerprint density at radius 2 is 2.33 bits per heavy atom. The molecular weight excluding hydrogens is 248 g/mol. The van der Waals surface area contributed by atoms with Gasteiger partial charge in [0.05, 0.1) is 5.69 Å². The van der Waals surface area contributed by atoms with Crippen LogP contribution < -0.4 is 10.5 Å². The molecule has 18 heavy (non-hydrogen) atoms. The van der Waals surface area contributed by atoms with Crippen molar-refractivity contribution in [1.29, 1.82) is 0 Å². The molecule has 1 aromatic heterocycles. The van der Waals surface area contributed by atoms with Crippen LogP contribution in [0.1, 0.15) is 25.1 Å². The number of hydrogen-bond acceptors (Lipinski definition) is 4. The number of rotatable bonds is 3. The van der Waals surface area contributed by atoms with E-state index in [-0.39, 0.29) is 12.5 Å². The monoisotopic (exact) mass is 264 g/mol. The fourth-order valence-corrected chi connectivity index (χ4v) is 2.46. The Balaban J connectivity index is 2.68. The van der Waals surface area contributed by atoms with Crippen LogP contribution in [0.5, 0.6) is 5.75 Å². The largest absolute Gasteiger partial charge is 0.489 e. The summed E-state index contributed by atoms with van der Waals surface area (Å²) in [7, 11) is 0. The third-order valence-electron chi connectivity index (χ3n) is 3.22. The Morgan fingerprint density at radius 1 is 1.67 bits per heavy atom.